The van der Waals surface area contributed by atoms with Gasteiger partial charge in [0.25, 0.3) is 0 Å². The van der Waals surface area contributed by atoms with Gasteiger partial charge in [-0.2, -0.15) is 0 Å². The Labute approximate surface area is 114 Å². The molecule has 0 saturated carbocycles. The first-order valence-corrected chi connectivity index (χ1v) is 7.29. The highest BCUT2D eigenvalue weighted by molar-refractivity contribution is 7.84. The van der Waals surface area contributed by atoms with E-state index in [0.717, 1.165) is 21.6 Å². The second kappa shape index (κ2) is 5.53. The molecular formula is C15H16FNOS. The SMILES string of the molecule is Cc1cc(S(=O)Cc2cc(F)ccc2C)ccc1N. The fourth-order valence-electron chi connectivity index (χ4n) is 1.81. The van der Waals surface area contributed by atoms with E-state index in [0.29, 0.717) is 11.4 Å². The average molecular weight is 277 g/mol. The van der Waals surface area contributed by atoms with E-state index in [1.54, 1.807) is 18.2 Å². The van der Waals surface area contributed by atoms with E-state index < -0.39 is 10.8 Å². The summed E-state index contributed by atoms with van der Waals surface area (Å²) in [7, 11) is -1.19. The maximum atomic E-state index is 13.2. The van der Waals surface area contributed by atoms with Crippen LogP contribution in [0.3, 0.4) is 0 Å². The van der Waals surface area contributed by atoms with Crippen molar-refractivity contribution >= 4 is 16.5 Å². The summed E-state index contributed by atoms with van der Waals surface area (Å²) < 4.78 is 25.5. The van der Waals surface area contributed by atoms with E-state index in [-0.39, 0.29) is 5.82 Å². The van der Waals surface area contributed by atoms with Gasteiger partial charge in [-0.15, -0.1) is 0 Å². The van der Waals surface area contributed by atoms with Gasteiger partial charge in [-0.1, -0.05) is 6.07 Å². The van der Waals surface area contributed by atoms with Gasteiger partial charge in [-0.3, -0.25) is 4.21 Å². The largest absolute Gasteiger partial charge is 0.399 e. The number of rotatable bonds is 3. The monoisotopic (exact) mass is 277 g/mol. The lowest BCUT2D eigenvalue weighted by molar-refractivity contribution is 0.625. The molecule has 2 nitrogen and oxygen atoms in total. The molecule has 0 radical (unpaired) electrons. The van der Waals surface area contributed by atoms with Crippen molar-refractivity contribution in [1.29, 1.82) is 0 Å². The molecule has 0 aliphatic heterocycles. The van der Waals surface area contributed by atoms with Crippen molar-refractivity contribution in [2.45, 2.75) is 24.5 Å². The third-order valence-electron chi connectivity index (χ3n) is 3.10. The van der Waals surface area contributed by atoms with Crippen LogP contribution in [0.15, 0.2) is 41.3 Å². The fourth-order valence-corrected chi connectivity index (χ4v) is 3.10. The predicted molar refractivity (Wildman–Crippen MR) is 76.8 cm³/mol. The normalized spacial score (nSPS) is 12.4. The Morgan fingerprint density at radius 3 is 2.53 bits per heavy atom. The van der Waals surface area contributed by atoms with E-state index in [9.17, 15) is 8.60 Å². The predicted octanol–water partition coefficient (Wildman–Crippen LogP) is 3.33. The summed E-state index contributed by atoms with van der Waals surface area (Å²) >= 11 is 0. The van der Waals surface area contributed by atoms with Gasteiger partial charge in [-0.25, -0.2) is 4.39 Å². The highest BCUT2D eigenvalue weighted by Gasteiger charge is 2.09. The number of hydrogen-bond acceptors (Lipinski definition) is 2. The summed E-state index contributed by atoms with van der Waals surface area (Å²) in [5.74, 6) is 0.0125. The van der Waals surface area contributed by atoms with E-state index in [2.05, 4.69) is 0 Å². The maximum absolute atomic E-state index is 13.2. The van der Waals surface area contributed by atoms with Crippen molar-refractivity contribution < 1.29 is 8.60 Å². The fraction of sp³-hybridized carbons (Fsp3) is 0.200. The molecule has 0 bridgehead atoms. The summed E-state index contributed by atoms with van der Waals surface area (Å²) in [5, 5.41) is 0. The molecule has 0 aromatic heterocycles. The molecule has 2 rings (SSSR count). The van der Waals surface area contributed by atoms with Crippen LogP contribution >= 0.6 is 0 Å². The van der Waals surface area contributed by atoms with E-state index in [4.69, 9.17) is 5.73 Å². The van der Waals surface area contributed by atoms with Crippen LogP contribution in [0.1, 0.15) is 16.7 Å². The van der Waals surface area contributed by atoms with Gasteiger partial charge in [-0.05, 0) is 60.9 Å². The molecule has 19 heavy (non-hydrogen) atoms. The van der Waals surface area contributed by atoms with Crippen LogP contribution in [0.4, 0.5) is 10.1 Å². The van der Waals surface area contributed by atoms with Crippen molar-refractivity contribution in [2.75, 3.05) is 5.73 Å². The van der Waals surface area contributed by atoms with Crippen LogP contribution in [-0.4, -0.2) is 4.21 Å². The zero-order valence-electron chi connectivity index (χ0n) is 10.9. The summed E-state index contributed by atoms with van der Waals surface area (Å²) in [4.78, 5) is 0.718. The van der Waals surface area contributed by atoms with Crippen molar-refractivity contribution in [3.05, 3.63) is 58.9 Å². The third-order valence-corrected chi connectivity index (χ3v) is 4.45. The van der Waals surface area contributed by atoms with Gasteiger partial charge in [0.15, 0.2) is 0 Å². The number of benzene rings is 2. The van der Waals surface area contributed by atoms with Crippen molar-refractivity contribution in [3.8, 4) is 0 Å². The number of halogens is 1. The summed E-state index contributed by atoms with van der Waals surface area (Å²) in [6, 6.07) is 9.89. The number of nitrogen functional groups attached to an aromatic ring is 1. The minimum absolute atomic E-state index is 0.300. The molecule has 0 heterocycles. The molecule has 2 aromatic rings. The van der Waals surface area contributed by atoms with Crippen LogP contribution < -0.4 is 5.73 Å². The van der Waals surface area contributed by atoms with E-state index in [1.807, 2.05) is 19.9 Å². The molecule has 0 aliphatic carbocycles. The minimum Gasteiger partial charge on any atom is -0.399 e. The molecule has 0 aliphatic rings. The molecule has 0 spiro atoms. The van der Waals surface area contributed by atoms with Crippen LogP contribution in [-0.2, 0) is 16.6 Å². The number of nitrogens with two attached hydrogens (primary N) is 1. The second-order valence-corrected chi connectivity index (χ2v) is 6.03. The summed E-state index contributed by atoms with van der Waals surface area (Å²) in [6.07, 6.45) is 0. The summed E-state index contributed by atoms with van der Waals surface area (Å²) in [6.45, 7) is 3.77. The number of anilines is 1. The van der Waals surface area contributed by atoms with Crippen LogP contribution in [0, 0.1) is 19.7 Å². The third kappa shape index (κ3) is 3.20. The summed E-state index contributed by atoms with van der Waals surface area (Å²) in [5.41, 5.74) is 9.04. The first kappa shape index (κ1) is 13.7. The van der Waals surface area contributed by atoms with Crippen molar-refractivity contribution in [1.82, 2.24) is 0 Å². The highest BCUT2D eigenvalue weighted by atomic mass is 32.2. The van der Waals surface area contributed by atoms with Gasteiger partial charge in [0, 0.05) is 10.6 Å². The Bertz CT molecular complexity index is 640. The van der Waals surface area contributed by atoms with Gasteiger partial charge in [0.1, 0.15) is 5.82 Å². The van der Waals surface area contributed by atoms with Crippen LogP contribution in [0.25, 0.3) is 0 Å². The zero-order valence-corrected chi connectivity index (χ0v) is 11.8. The quantitative estimate of drug-likeness (QED) is 0.874. The van der Waals surface area contributed by atoms with Gasteiger partial charge < -0.3 is 5.73 Å². The standard InChI is InChI=1S/C15H16FNOS/c1-10-3-4-13(16)8-12(10)9-19(18)14-5-6-15(17)11(2)7-14/h3-8H,9,17H2,1-2H3. The molecule has 2 aromatic carbocycles. The van der Waals surface area contributed by atoms with E-state index in [1.165, 1.54) is 12.1 Å². The van der Waals surface area contributed by atoms with Crippen LogP contribution in [0.2, 0.25) is 0 Å². The maximum Gasteiger partial charge on any atom is 0.123 e. The molecule has 4 heteroatoms. The molecular weight excluding hydrogens is 261 g/mol. The molecule has 100 valence electrons. The van der Waals surface area contributed by atoms with Gasteiger partial charge in [0.2, 0.25) is 0 Å². The molecule has 2 N–H and O–H groups in total. The van der Waals surface area contributed by atoms with Crippen molar-refractivity contribution in [3.63, 3.8) is 0 Å². The molecule has 0 fully saturated rings. The smallest absolute Gasteiger partial charge is 0.123 e. The van der Waals surface area contributed by atoms with E-state index >= 15 is 0 Å². The lowest BCUT2D eigenvalue weighted by Crippen LogP contribution is -2.00. The highest BCUT2D eigenvalue weighted by Crippen LogP contribution is 2.20. The lowest BCUT2D eigenvalue weighted by atomic mass is 10.1. The second-order valence-electron chi connectivity index (χ2n) is 4.58. The number of hydrogen-bond donors (Lipinski definition) is 1. The Morgan fingerprint density at radius 2 is 1.84 bits per heavy atom. The average Bonchev–Trinajstić information content (AvgIpc) is 2.37. The first-order chi connectivity index (χ1) is 8.97. The molecule has 1 atom stereocenters. The van der Waals surface area contributed by atoms with Gasteiger partial charge >= 0.3 is 0 Å². The molecule has 0 amide bonds. The lowest BCUT2D eigenvalue weighted by Gasteiger charge is -2.08. The van der Waals surface area contributed by atoms with Crippen molar-refractivity contribution in [2.24, 2.45) is 0 Å². The zero-order chi connectivity index (χ0) is 14.0. The first-order valence-electron chi connectivity index (χ1n) is 5.97. The topological polar surface area (TPSA) is 43.1 Å². The minimum atomic E-state index is -1.19. The Kier molecular flexibility index (Phi) is 4.00. The number of aryl methyl sites for hydroxylation is 2. The molecule has 0 saturated heterocycles. The molecule has 1 unspecified atom stereocenters. The Hall–Kier alpha value is -1.68. The Balaban J connectivity index is 2.25. The van der Waals surface area contributed by atoms with Gasteiger partial charge in [0.05, 0.1) is 16.6 Å². The van der Waals surface area contributed by atoms with Crippen LogP contribution in [0.5, 0.6) is 0 Å². The Morgan fingerprint density at radius 1 is 1.11 bits per heavy atom.